The molecule has 0 aromatic carbocycles. The molecule has 0 aliphatic heterocycles. The highest BCUT2D eigenvalue weighted by atomic mass is 32.1. The van der Waals surface area contributed by atoms with E-state index < -0.39 is 0 Å². The van der Waals surface area contributed by atoms with Crippen molar-refractivity contribution >= 4 is 11.3 Å². The van der Waals surface area contributed by atoms with Crippen LogP contribution in [-0.4, -0.2) is 4.98 Å². The van der Waals surface area contributed by atoms with Crippen LogP contribution in [-0.2, 0) is 6.42 Å². The monoisotopic (exact) mass is 204 g/mol. The second-order valence-corrected chi connectivity index (χ2v) is 3.97. The molecule has 1 unspecified atom stereocenters. The summed E-state index contributed by atoms with van der Waals surface area (Å²) < 4.78 is 0. The van der Waals surface area contributed by atoms with E-state index in [9.17, 15) is 0 Å². The van der Waals surface area contributed by atoms with Crippen LogP contribution in [0.1, 0.15) is 17.3 Å². The molecule has 2 aromatic heterocycles. The van der Waals surface area contributed by atoms with Gasteiger partial charge in [0.1, 0.15) is 0 Å². The number of hydrogen-bond acceptors (Lipinski definition) is 3. The Morgan fingerprint density at radius 2 is 2.29 bits per heavy atom. The fourth-order valence-electron chi connectivity index (χ4n) is 1.35. The van der Waals surface area contributed by atoms with E-state index in [-0.39, 0.29) is 6.04 Å². The van der Waals surface area contributed by atoms with E-state index in [0.29, 0.717) is 0 Å². The highest BCUT2D eigenvalue weighted by Gasteiger charge is 2.07. The summed E-state index contributed by atoms with van der Waals surface area (Å²) in [6.45, 7) is 0. The molecular weight excluding hydrogens is 192 g/mol. The first-order valence-corrected chi connectivity index (χ1v) is 5.48. The van der Waals surface area contributed by atoms with Gasteiger partial charge in [-0.3, -0.25) is 4.98 Å². The molecule has 2 rings (SSSR count). The van der Waals surface area contributed by atoms with Gasteiger partial charge in [-0.15, -0.1) is 0 Å². The predicted octanol–water partition coefficient (Wildman–Crippen LogP) is 2.39. The van der Waals surface area contributed by atoms with E-state index in [2.05, 4.69) is 16.4 Å². The van der Waals surface area contributed by atoms with Crippen LogP contribution in [0, 0.1) is 0 Å². The smallest absolute Gasteiger partial charge is 0.0422 e. The van der Waals surface area contributed by atoms with Crippen LogP contribution in [0.5, 0.6) is 0 Å². The third-order valence-corrected chi connectivity index (χ3v) is 2.83. The molecule has 14 heavy (non-hydrogen) atoms. The molecule has 72 valence electrons. The molecule has 2 nitrogen and oxygen atoms in total. The van der Waals surface area contributed by atoms with Crippen molar-refractivity contribution in [1.82, 2.24) is 4.98 Å². The lowest BCUT2D eigenvalue weighted by atomic mass is 10.1. The molecule has 0 fully saturated rings. The fourth-order valence-corrected chi connectivity index (χ4v) is 2.07. The van der Waals surface area contributed by atoms with Crippen LogP contribution >= 0.6 is 11.3 Å². The minimum Gasteiger partial charge on any atom is -0.324 e. The number of pyridine rings is 1. The Hall–Kier alpha value is -1.19. The number of nitrogens with two attached hydrogens (primary N) is 1. The van der Waals surface area contributed by atoms with Crippen molar-refractivity contribution in [1.29, 1.82) is 0 Å². The van der Waals surface area contributed by atoms with Crippen molar-refractivity contribution in [3.05, 3.63) is 52.5 Å². The zero-order valence-electron chi connectivity index (χ0n) is 7.76. The van der Waals surface area contributed by atoms with Gasteiger partial charge in [0, 0.05) is 24.4 Å². The lowest BCUT2D eigenvalue weighted by Gasteiger charge is -2.08. The van der Waals surface area contributed by atoms with Crippen LogP contribution in [0.4, 0.5) is 0 Å². The molecule has 2 heterocycles. The van der Waals surface area contributed by atoms with Crippen molar-refractivity contribution in [2.45, 2.75) is 12.5 Å². The molecule has 1 atom stereocenters. The molecule has 0 aliphatic carbocycles. The van der Waals surface area contributed by atoms with Gasteiger partial charge in [0.25, 0.3) is 0 Å². The second kappa shape index (κ2) is 4.35. The lowest BCUT2D eigenvalue weighted by Crippen LogP contribution is -2.12. The summed E-state index contributed by atoms with van der Waals surface area (Å²) in [7, 11) is 0. The molecule has 0 saturated carbocycles. The van der Waals surface area contributed by atoms with Crippen LogP contribution < -0.4 is 5.73 Å². The Morgan fingerprint density at radius 1 is 1.36 bits per heavy atom. The highest BCUT2D eigenvalue weighted by Crippen LogP contribution is 2.17. The number of aromatic nitrogens is 1. The molecule has 3 heteroatoms. The van der Waals surface area contributed by atoms with Crippen molar-refractivity contribution in [3.8, 4) is 0 Å². The second-order valence-electron chi connectivity index (χ2n) is 3.19. The first-order chi connectivity index (χ1) is 6.86. The maximum atomic E-state index is 6.04. The summed E-state index contributed by atoms with van der Waals surface area (Å²) in [6.07, 6.45) is 2.60. The fraction of sp³-hybridized carbons (Fsp3) is 0.182. The SMILES string of the molecule is NC(Cc1ccccn1)c1ccsc1. The van der Waals surface area contributed by atoms with E-state index in [0.717, 1.165) is 12.1 Å². The van der Waals surface area contributed by atoms with Gasteiger partial charge in [-0.25, -0.2) is 0 Å². The summed E-state index contributed by atoms with van der Waals surface area (Å²) in [5, 5.41) is 4.14. The van der Waals surface area contributed by atoms with Crippen molar-refractivity contribution < 1.29 is 0 Å². The molecule has 2 N–H and O–H groups in total. The maximum Gasteiger partial charge on any atom is 0.0422 e. The third kappa shape index (κ3) is 2.19. The maximum absolute atomic E-state index is 6.04. The average molecular weight is 204 g/mol. The molecule has 0 radical (unpaired) electrons. The first kappa shape index (κ1) is 9.37. The molecule has 2 aromatic rings. The third-order valence-electron chi connectivity index (χ3n) is 2.13. The number of thiophene rings is 1. The van der Waals surface area contributed by atoms with Gasteiger partial charge in [-0.2, -0.15) is 11.3 Å². The standard InChI is InChI=1S/C11H12N2S/c12-11(9-4-6-14-8-9)7-10-3-1-2-5-13-10/h1-6,8,11H,7,12H2. The van der Waals surface area contributed by atoms with E-state index in [1.165, 1.54) is 5.56 Å². The Kier molecular flexibility index (Phi) is 2.91. The van der Waals surface area contributed by atoms with Gasteiger partial charge in [-0.05, 0) is 34.5 Å². The van der Waals surface area contributed by atoms with Gasteiger partial charge in [0.2, 0.25) is 0 Å². The molecule has 0 amide bonds. The van der Waals surface area contributed by atoms with E-state index >= 15 is 0 Å². The zero-order valence-corrected chi connectivity index (χ0v) is 8.58. The normalized spacial score (nSPS) is 12.6. The minimum atomic E-state index is 0.0659. The Bertz CT molecular complexity index is 369. The van der Waals surface area contributed by atoms with Gasteiger partial charge >= 0.3 is 0 Å². The molecule has 0 spiro atoms. The van der Waals surface area contributed by atoms with Crippen molar-refractivity contribution in [2.24, 2.45) is 5.73 Å². The number of hydrogen-bond donors (Lipinski definition) is 1. The Balaban J connectivity index is 2.06. The zero-order chi connectivity index (χ0) is 9.80. The van der Waals surface area contributed by atoms with Gasteiger partial charge in [0.05, 0.1) is 0 Å². The summed E-state index contributed by atoms with van der Waals surface area (Å²) in [5.74, 6) is 0. The summed E-state index contributed by atoms with van der Waals surface area (Å²) in [6, 6.07) is 8.04. The number of nitrogens with zero attached hydrogens (tertiary/aromatic N) is 1. The molecular formula is C11H12N2S. The topological polar surface area (TPSA) is 38.9 Å². The van der Waals surface area contributed by atoms with E-state index in [4.69, 9.17) is 5.73 Å². The van der Waals surface area contributed by atoms with Crippen molar-refractivity contribution in [3.63, 3.8) is 0 Å². The quantitative estimate of drug-likeness (QED) is 0.833. The van der Waals surface area contributed by atoms with Crippen LogP contribution in [0.2, 0.25) is 0 Å². The molecule has 0 saturated heterocycles. The van der Waals surface area contributed by atoms with Crippen LogP contribution in [0.15, 0.2) is 41.2 Å². The van der Waals surface area contributed by atoms with Gasteiger partial charge in [-0.1, -0.05) is 6.07 Å². The summed E-state index contributed by atoms with van der Waals surface area (Å²) in [4.78, 5) is 4.25. The molecule has 0 aliphatic rings. The lowest BCUT2D eigenvalue weighted by molar-refractivity contribution is 0.709. The first-order valence-electron chi connectivity index (χ1n) is 4.54. The van der Waals surface area contributed by atoms with Gasteiger partial charge in [0.15, 0.2) is 0 Å². The van der Waals surface area contributed by atoms with Crippen LogP contribution in [0.3, 0.4) is 0 Å². The average Bonchev–Trinajstić information content (AvgIpc) is 2.72. The van der Waals surface area contributed by atoms with E-state index in [1.54, 1.807) is 17.5 Å². The van der Waals surface area contributed by atoms with Crippen molar-refractivity contribution in [2.75, 3.05) is 0 Å². The largest absolute Gasteiger partial charge is 0.324 e. The minimum absolute atomic E-state index is 0.0659. The highest BCUT2D eigenvalue weighted by molar-refractivity contribution is 7.07. The summed E-state index contributed by atoms with van der Waals surface area (Å²) >= 11 is 1.68. The van der Waals surface area contributed by atoms with Gasteiger partial charge < -0.3 is 5.73 Å². The summed E-state index contributed by atoms with van der Waals surface area (Å²) in [5.41, 5.74) is 8.28. The molecule has 0 bridgehead atoms. The van der Waals surface area contributed by atoms with Crippen LogP contribution in [0.25, 0.3) is 0 Å². The Labute approximate surface area is 87.4 Å². The predicted molar refractivity (Wildman–Crippen MR) is 59.2 cm³/mol. The Morgan fingerprint density at radius 3 is 2.93 bits per heavy atom. The van der Waals surface area contributed by atoms with E-state index in [1.807, 2.05) is 23.6 Å². The number of rotatable bonds is 3.